The highest BCUT2D eigenvalue weighted by Gasteiger charge is 2.44. The van der Waals surface area contributed by atoms with Crippen LogP contribution in [-0.4, -0.2) is 79.4 Å². The molecule has 0 bridgehead atoms. The van der Waals surface area contributed by atoms with Gasteiger partial charge in [0.15, 0.2) is 11.1 Å². The minimum absolute atomic E-state index is 0.271. The first-order chi connectivity index (χ1) is 9.02. The van der Waals surface area contributed by atoms with Crippen LogP contribution in [0.5, 0.6) is 0 Å². The second-order valence-electron chi connectivity index (χ2n) is 4.38. The van der Waals surface area contributed by atoms with Crippen LogP contribution in [0.1, 0.15) is 0 Å². The lowest BCUT2D eigenvalue weighted by molar-refractivity contribution is -0.00731. The molecule has 110 valence electrons. The van der Waals surface area contributed by atoms with Crippen LogP contribution in [-0.2, 0) is 20.6 Å². The number of hydrogen-bond acceptors (Lipinski definition) is 6. The molecule has 0 saturated carbocycles. The Bertz CT molecular complexity index is 329. The summed E-state index contributed by atoms with van der Waals surface area (Å²) in [6.45, 7) is 0.898. The van der Waals surface area contributed by atoms with Crippen LogP contribution < -0.4 is 0 Å². The molecule has 0 spiro atoms. The van der Waals surface area contributed by atoms with Crippen molar-refractivity contribution in [1.82, 2.24) is 4.90 Å². The molecule has 0 aromatic rings. The lowest BCUT2D eigenvalue weighted by Crippen LogP contribution is -2.47. The fraction of sp³-hybridized carbons (Fsp3) is 0.900. The van der Waals surface area contributed by atoms with Gasteiger partial charge in [0.05, 0.1) is 19.7 Å². The highest BCUT2D eigenvalue weighted by molar-refractivity contribution is 9.09. The third-order valence-corrected chi connectivity index (χ3v) is 5.50. The van der Waals surface area contributed by atoms with E-state index in [0.717, 1.165) is 0 Å². The molecule has 2 N–H and O–H groups in total. The van der Waals surface area contributed by atoms with Crippen LogP contribution in [0.25, 0.3) is 0 Å². The summed E-state index contributed by atoms with van der Waals surface area (Å²) in [5.74, 6) is 1.15. The van der Waals surface area contributed by atoms with Crippen molar-refractivity contribution in [1.29, 1.82) is 0 Å². The lowest BCUT2D eigenvalue weighted by atomic mass is 10.1. The maximum Gasteiger partial charge on any atom is 0.260 e. The molecule has 19 heavy (non-hydrogen) atoms. The summed E-state index contributed by atoms with van der Waals surface area (Å²) in [7, 11) is 0. The quantitative estimate of drug-likeness (QED) is 0.372. The number of rotatable bonds is 2. The second kappa shape index (κ2) is 6.88. The van der Waals surface area contributed by atoms with E-state index >= 15 is 0 Å². The molecule has 6 nitrogen and oxygen atoms in total. The van der Waals surface area contributed by atoms with Crippen molar-refractivity contribution in [2.24, 2.45) is 0 Å². The fourth-order valence-electron chi connectivity index (χ4n) is 1.98. The Balaban J connectivity index is 1.88. The van der Waals surface area contributed by atoms with Gasteiger partial charge >= 0.3 is 0 Å². The van der Waals surface area contributed by atoms with E-state index in [4.69, 9.17) is 26.8 Å². The number of aliphatic hydroxyl groups excluding tert-OH is 2. The first kappa shape index (κ1) is 15.7. The Labute approximate surface area is 128 Å². The first-order valence-electron chi connectivity index (χ1n) is 5.92. The second-order valence-corrected chi connectivity index (χ2v) is 7.33. The van der Waals surface area contributed by atoms with Gasteiger partial charge in [0.2, 0.25) is 0 Å². The normalized spacial score (nSPS) is 36.5. The largest absolute Gasteiger partial charge is 0.616 e. The molecule has 2 saturated heterocycles. The van der Waals surface area contributed by atoms with Crippen molar-refractivity contribution in [3.8, 4) is 0 Å². The summed E-state index contributed by atoms with van der Waals surface area (Å²) < 4.78 is 22.1. The highest BCUT2D eigenvalue weighted by Crippen LogP contribution is 2.28. The van der Waals surface area contributed by atoms with Crippen molar-refractivity contribution >= 4 is 44.5 Å². The predicted octanol–water partition coefficient (Wildman–Crippen LogP) is -0.806. The number of alkyl halides is 1. The van der Waals surface area contributed by atoms with Gasteiger partial charge in [0, 0.05) is 0 Å². The van der Waals surface area contributed by atoms with Crippen LogP contribution in [0.3, 0.4) is 0 Å². The van der Waals surface area contributed by atoms with Crippen LogP contribution >= 0.6 is 28.1 Å². The summed E-state index contributed by atoms with van der Waals surface area (Å²) in [5, 5.41) is 18.7. The zero-order valence-electron chi connectivity index (χ0n) is 10.1. The Morgan fingerprint density at radius 1 is 1.53 bits per heavy atom. The van der Waals surface area contributed by atoms with E-state index in [2.05, 4.69) is 15.9 Å². The van der Waals surface area contributed by atoms with Crippen LogP contribution in [0, 0.1) is 0 Å². The van der Waals surface area contributed by atoms with E-state index in [0.29, 0.717) is 24.6 Å². The Hall–Kier alpha value is 0.360. The van der Waals surface area contributed by atoms with Gasteiger partial charge in [0.1, 0.15) is 23.7 Å². The zero-order chi connectivity index (χ0) is 14.0. The molecule has 2 rings (SSSR count). The molecule has 4 atom stereocenters. The number of aliphatic hydroxyl groups is 2. The Kier molecular flexibility index (Phi) is 5.70. The fourth-order valence-corrected chi connectivity index (χ4v) is 4.02. The SMILES string of the molecule is [O-][S+]1CCN(C(=S)OC2C(O)[C@@H](CO)O[C@H]2Br)CC1. The van der Waals surface area contributed by atoms with Gasteiger partial charge in [-0.05, 0) is 12.2 Å². The van der Waals surface area contributed by atoms with E-state index < -0.39 is 34.5 Å². The van der Waals surface area contributed by atoms with Crippen molar-refractivity contribution in [3.63, 3.8) is 0 Å². The molecule has 2 aliphatic rings. The minimum Gasteiger partial charge on any atom is -0.616 e. The third-order valence-electron chi connectivity index (χ3n) is 3.13. The van der Waals surface area contributed by atoms with Crippen molar-refractivity contribution in [3.05, 3.63) is 0 Å². The van der Waals surface area contributed by atoms with E-state index in [9.17, 15) is 9.66 Å². The van der Waals surface area contributed by atoms with Crippen LogP contribution in [0.4, 0.5) is 0 Å². The number of hydrogen-bond donors (Lipinski definition) is 2. The maximum atomic E-state index is 11.3. The van der Waals surface area contributed by atoms with E-state index in [1.165, 1.54) is 0 Å². The minimum atomic E-state index is -0.939. The molecule has 2 heterocycles. The molecule has 0 aromatic heterocycles. The smallest absolute Gasteiger partial charge is 0.260 e. The summed E-state index contributed by atoms with van der Waals surface area (Å²) in [4.78, 5) is 1.83. The molecule has 0 aromatic carbocycles. The van der Waals surface area contributed by atoms with E-state index in [-0.39, 0.29) is 11.8 Å². The van der Waals surface area contributed by atoms with Crippen molar-refractivity contribution in [2.75, 3.05) is 31.2 Å². The van der Waals surface area contributed by atoms with Gasteiger partial charge in [-0.25, -0.2) is 0 Å². The molecular weight excluding hydrogens is 358 g/mol. The molecule has 0 aliphatic carbocycles. The number of thiocarbonyl (C=S) groups is 1. The Morgan fingerprint density at radius 3 is 2.68 bits per heavy atom. The summed E-state index contributed by atoms with van der Waals surface area (Å²) in [6, 6.07) is 0. The standard InChI is InChI=1S/C10H16BrNO5S2/c11-9-8(7(14)6(5-13)16-9)17-10(18)12-1-3-19(15)4-2-12/h6-9,13-14H,1-5H2/t6-,7?,8?,9-/m1/s1. The van der Waals surface area contributed by atoms with Gasteiger partial charge in [0.25, 0.3) is 5.17 Å². The average Bonchev–Trinajstić information content (AvgIpc) is 2.67. The van der Waals surface area contributed by atoms with E-state index in [1.54, 1.807) is 0 Å². The van der Waals surface area contributed by atoms with Crippen LogP contribution in [0.2, 0.25) is 0 Å². The van der Waals surface area contributed by atoms with Crippen molar-refractivity contribution in [2.45, 2.75) is 23.3 Å². The zero-order valence-corrected chi connectivity index (χ0v) is 13.3. The molecule has 0 radical (unpaired) electrons. The summed E-state index contributed by atoms with van der Waals surface area (Å²) >= 11 is 7.65. The van der Waals surface area contributed by atoms with Crippen LogP contribution in [0.15, 0.2) is 0 Å². The molecule has 2 aliphatic heterocycles. The van der Waals surface area contributed by atoms with Gasteiger partial charge < -0.3 is 29.1 Å². The molecule has 2 fully saturated rings. The molecule has 9 heteroatoms. The van der Waals surface area contributed by atoms with E-state index in [1.807, 2.05) is 4.90 Å². The average molecular weight is 374 g/mol. The first-order valence-corrected chi connectivity index (χ1v) is 8.73. The predicted molar refractivity (Wildman–Crippen MR) is 77.6 cm³/mol. The molecule has 0 amide bonds. The molecular formula is C10H16BrNO5S2. The third kappa shape index (κ3) is 3.72. The van der Waals surface area contributed by atoms with Gasteiger partial charge in [-0.1, -0.05) is 27.1 Å². The van der Waals surface area contributed by atoms with Crippen molar-refractivity contribution < 1.29 is 24.2 Å². The van der Waals surface area contributed by atoms with Gasteiger partial charge in [-0.3, -0.25) is 0 Å². The van der Waals surface area contributed by atoms with Gasteiger partial charge in [-0.2, -0.15) is 0 Å². The monoisotopic (exact) mass is 373 g/mol. The summed E-state index contributed by atoms with van der Waals surface area (Å²) in [5.41, 5.74) is 0. The lowest BCUT2D eigenvalue weighted by Gasteiger charge is -2.31. The maximum absolute atomic E-state index is 11.3. The Morgan fingerprint density at radius 2 is 2.16 bits per heavy atom. The number of ether oxygens (including phenoxy) is 2. The summed E-state index contributed by atoms with van der Waals surface area (Å²) in [6.07, 6.45) is -2.27. The number of nitrogens with zero attached hydrogens (tertiary/aromatic N) is 1. The van der Waals surface area contributed by atoms with Gasteiger partial charge in [-0.15, -0.1) is 0 Å². The number of halogens is 1. The molecule has 2 unspecified atom stereocenters. The highest BCUT2D eigenvalue weighted by atomic mass is 79.9. The topological polar surface area (TPSA) is 85.2 Å².